The Hall–Kier alpha value is -5.55. The number of amides is 4. The molecule has 1 unspecified atom stereocenters. The van der Waals surface area contributed by atoms with Crippen molar-refractivity contribution in [1.29, 1.82) is 0 Å². The minimum Gasteiger partial charge on any atom is -0.508 e. The lowest BCUT2D eigenvalue weighted by Gasteiger charge is -2.20. The molecule has 1 atom stereocenters. The van der Waals surface area contributed by atoms with Crippen molar-refractivity contribution in [2.75, 3.05) is 19.0 Å². The average molecular weight is 617 g/mol. The Bertz CT molecular complexity index is 1610. The number of benzene rings is 4. The zero-order valence-corrected chi connectivity index (χ0v) is 24.3. The zero-order valence-electron chi connectivity index (χ0n) is 23.5. The third-order valence-electron chi connectivity index (χ3n) is 6.28. The van der Waals surface area contributed by atoms with Gasteiger partial charge in [0.25, 0.3) is 23.6 Å². The number of hydrazine groups is 1. The number of carbonyl (C=O) groups excluding carboxylic acids is 4. The van der Waals surface area contributed by atoms with Crippen molar-refractivity contribution in [3.8, 4) is 17.2 Å². The molecule has 0 spiro atoms. The van der Waals surface area contributed by atoms with Gasteiger partial charge in [-0.05, 0) is 78.4 Å². The summed E-state index contributed by atoms with van der Waals surface area (Å²) < 4.78 is 10.5. The van der Waals surface area contributed by atoms with Crippen molar-refractivity contribution in [3.63, 3.8) is 0 Å². The van der Waals surface area contributed by atoms with Crippen LogP contribution in [0, 0.1) is 0 Å². The van der Waals surface area contributed by atoms with E-state index >= 15 is 0 Å². The van der Waals surface area contributed by atoms with E-state index in [2.05, 4.69) is 21.5 Å². The maximum Gasteiger partial charge on any atom is 0.276 e. The molecule has 4 aromatic carbocycles. The van der Waals surface area contributed by atoms with Gasteiger partial charge in [-0.15, -0.1) is 0 Å². The summed E-state index contributed by atoms with van der Waals surface area (Å²) >= 11 is 5.85. The van der Waals surface area contributed by atoms with Crippen LogP contribution in [0.25, 0.3) is 0 Å². The molecule has 44 heavy (non-hydrogen) atoms. The fraction of sp³-hybridized carbons (Fsp3) is 0.125. The van der Waals surface area contributed by atoms with Crippen LogP contribution in [0.1, 0.15) is 26.3 Å². The Labute approximate surface area is 258 Å². The van der Waals surface area contributed by atoms with Crippen molar-refractivity contribution in [2.45, 2.75) is 12.5 Å². The number of rotatable bonds is 11. The van der Waals surface area contributed by atoms with Crippen LogP contribution < -0.4 is 31.0 Å². The summed E-state index contributed by atoms with van der Waals surface area (Å²) in [5.41, 5.74) is 5.89. The summed E-state index contributed by atoms with van der Waals surface area (Å²) in [5, 5.41) is 15.6. The van der Waals surface area contributed by atoms with Gasteiger partial charge in [0.15, 0.2) is 6.61 Å². The molecular formula is C32H29ClN4O7. The van der Waals surface area contributed by atoms with E-state index in [0.717, 1.165) is 0 Å². The number of ether oxygens (including phenoxy) is 2. The minimum absolute atomic E-state index is 0.0232. The molecule has 0 aliphatic rings. The number of anilines is 1. The lowest BCUT2D eigenvalue weighted by Crippen LogP contribution is -2.54. The predicted molar refractivity (Wildman–Crippen MR) is 164 cm³/mol. The molecule has 4 amide bonds. The summed E-state index contributed by atoms with van der Waals surface area (Å²) in [4.78, 5) is 51.8. The minimum atomic E-state index is -1.16. The lowest BCUT2D eigenvalue weighted by atomic mass is 10.0. The van der Waals surface area contributed by atoms with Crippen molar-refractivity contribution in [1.82, 2.24) is 16.2 Å². The van der Waals surface area contributed by atoms with E-state index in [-0.39, 0.29) is 23.4 Å². The first kappa shape index (κ1) is 31.4. The Morgan fingerprint density at radius 1 is 0.795 bits per heavy atom. The fourth-order valence-electron chi connectivity index (χ4n) is 3.97. The van der Waals surface area contributed by atoms with E-state index in [9.17, 15) is 24.3 Å². The van der Waals surface area contributed by atoms with Gasteiger partial charge in [0, 0.05) is 17.0 Å². The van der Waals surface area contributed by atoms with Gasteiger partial charge in [0.05, 0.1) is 18.4 Å². The van der Waals surface area contributed by atoms with E-state index < -0.39 is 36.3 Å². The molecule has 12 heteroatoms. The summed E-state index contributed by atoms with van der Waals surface area (Å²) in [6.07, 6.45) is 0.0232. The Morgan fingerprint density at radius 3 is 2.14 bits per heavy atom. The fourth-order valence-corrected chi connectivity index (χ4v) is 4.10. The molecule has 0 radical (unpaired) electrons. The standard InChI is InChI=1S/C32H29ClN4O7/c1-43-24-14-8-21(9-15-24)30(40)34-27-5-3-2-4-26(27)31(41)35-28(18-20-6-12-23(38)13-7-20)32(42)37-36-29(39)19-44-25-16-10-22(33)11-17-25/h2-17,28,38H,18-19H2,1H3,(H,34,40)(H,35,41)(H,36,39)(H,37,42). The molecule has 0 bridgehead atoms. The molecule has 226 valence electrons. The normalized spacial score (nSPS) is 11.0. The van der Waals surface area contributed by atoms with Crippen LogP contribution in [0.5, 0.6) is 17.2 Å². The number of phenolic OH excluding ortho intramolecular Hbond substituents is 1. The number of methoxy groups -OCH3 is 1. The van der Waals surface area contributed by atoms with Gasteiger partial charge in [-0.1, -0.05) is 35.9 Å². The van der Waals surface area contributed by atoms with Crippen LogP contribution in [0.15, 0.2) is 97.1 Å². The monoisotopic (exact) mass is 616 g/mol. The molecule has 0 saturated heterocycles. The zero-order chi connectivity index (χ0) is 31.5. The van der Waals surface area contributed by atoms with Crippen LogP contribution in [-0.4, -0.2) is 48.5 Å². The van der Waals surface area contributed by atoms with E-state index in [1.54, 1.807) is 78.9 Å². The number of para-hydroxylation sites is 1. The van der Waals surface area contributed by atoms with Gasteiger partial charge >= 0.3 is 0 Å². The largest absolute Gasteiger partial charge is 0.508 e. The van der Waals surface area contributed by atoms with E-state index in [1.165, 1.54) is 25.3 Å². The second-order valence-corrected chi connectivity index (χ2v) is 9.84. The molecule has 5 N–H and O–H groups in total. The van der Waals surface area contributed by atoms with Crippen LogP contribution in [0.4, 0.5) is 5.69 Å². The molecular weight excluding hydrogens is 588 g/mol. The molecule has 0 aliphatic carbocycles. The number of carbonyl (C=O) groups is 4. The number of hydrogen-bond donors (Lipinski definition) is 5. The highest BCUT2D eigenvalue weighted by Gasteiger charge is 2.24. The molecule has 4 rings (SSSR count). The first-order chi connectivity index (χ1) is 21.2. The maximum atomic E-state index is 13.4. The smallest absolute Gasteiger partial charge is 0.276 e. The van der Waals surface area contributed by atoms with Gasteiger partial charge < -0.3 is 25.2 Å². The molecule has 0 aliphatic heterocycles. The topological polar surface area (TPSA) is 155 Å². The lowest BCUT2D eigenvalue weighted by molar-refractivity contribution is -0.130. The SMILES string of the molecule is COc1ccc(C(=O)Nc2ccccc2C(=O)NC(Cc2ccc(O)cc2)C(=O)NNC(=O)COc2ccc(Cl)cc2)cc1. The second kappa shape index (κ2) is 15.1. The first-order valence-electron chi connectivity index (χ1n) is 13.3. The number of halogens is 1. The quantitative estimate of drug-likeness (QED) is 0.160. The number of nitrogens with one attached hydrogen (secondary N) is 4. The van der Waals surface area contributed by atoms with Gasteiger partial charge in [0.1, 0.15) is 23.3 Å². The number of aromatic hydroxyl groups is 1. The summed E-state index contributed by atoms with van der Waals surface area (Å²) in [7, 11) is 1.52. The Balaban J connectivity index is 1.44. The third-order valence-corrected chi connectivity index (χ3v) is 6.53. The molecule has 0 fully saturated rings. The van der Waals surface area contributed by atoms with Crippen LogP contribution in [0.2, 0.25) is 5.02 Å². The third kappa shape index (κ3) is 8.97. The van der Waals surface area contributed by atoms with Gasteiger partial charge in [-0.3, -0.25) is 30.0 Å². The van der Waals surface area contributed by atoms with Crippen molar-refractivity contribution in [3.05, 3.63) is 119 Å². The molecule has 4 aromatic rings. The van der Waals surface area contributed by atoms with Crippen LogP contribution >= 0.6 is 11.6 Å². The first-order valence-corrected chi connectivity index (χ1v) is 13.7. The van der Waals surface area contributed by atoms with E-state index in [1.807, 2.05) is 0 Å². The summed E-state index contributed by atoms with van der Waals surface area (Å²) in [6.45, 7) is -0.391. The van der Waals surface area contributed by atoms with Gasteiger partial charge in [-0.25, -0.2) is 0 Å². The molecule has 0 heterocycles. The van der Waals surface area contributed by atoms with Gasteiger partial charge in [0.2, 0.25) is 0 Å². The Morgan fingerprint density at radius 2 is 1.45 bits per heavy atom. The summed E-state index contributed by atoms with van der Waals surface area (Å²) in [5.74, 6) is -1.42. The van der Waals surface area contributed by atoms with Crippen LogP contribution in [-0.2, 0) is 16.0 Å². The van der Waals surface area contributed by atoms with Crippen molar-refractivity contribution >= 4 is 40.9 Å². The predicted octanol–water partition coefficient (Wildman–Crippen LogP) is 3.87. The number of hydrogen-bond acceptors (Lipinski definition) is 7. The molecule has 0 aromatic heterocycles. The summed E-state index contributed by atoms with van der Waals surface area (Å²) in [6, 6.07) is 24.1. The Kier molecular flexibility index (Phi) is 10.8. The molecule has 0 saturated carbocycles. The highest BCUT2D eigenvalue weighted by molar-refractivity contribution is 6.30. The van der Waals surface area contributed by atoms with Crippen LogP contribution in [0.3, 0.4) is 0 Å². The highest BCUT2D eigenvalue weighted by atomic mass is 35.5. The second-order valence-electron chi connectivity index (χ2n) is 9.40. The van der Waals surface area contributed by atoms with Crippen molar-refractivity contribution in [2.24, 2.45) is 0 Å². The molecule has 11 nitrogen and oxygen atoms in total. The van der Waals surface area contributed by atoms with Crippen molar-refractivity contribution < 1.29 is 33.8 Å². The number of phenols is 1. The average Bonchev–Trinajstić information content (AvgIpc) is 3.04. The van der Waals surface area contributed by atoms with Gasteiger partial charge in [-0.2, -0.15) is 0 Å². The maximum absolute atomic E-state index is 13.4. The van der Waals surface area contributed by atoms with E-state index in [0.29, 0.717) is 27.6 Å². The van der Waals surface area contributed by atoms with E-state index in [4.69, 9.17) is 21.1 Å². The highest BCUT2D eigenvalue weighted by Crippen LogP contribution is 2.19.